The van der Waals surface area contributed by atoms with Crippen LogP contribution in [-0.2, 0) is 26.3 Å². The molecule has 0 radical (unpaired) electrons. The van der Waals surface area contributed by atoms with Gasteiger partial charge in [-0.15, -0.1) is 16.9 Å². The molecule has 1 aromatic heterocycles. The lowest BCUT2D eigenvalue weighted by Gasteiger charge is -2.37. The first-order valence-corrected chi connectivity index (χ1v) is 15.4. The summed E-state index contributed by atoms with van der Waals surface area (Å²) in [6, 6.07) is 30.9. The Kier molecular flexibility index (Phi) is 7.94. The Bertz CT molecular complexity index is 1540. The maximum Gasteiger partial charge on any atom is 0.358 e. The van der Waals surface area contributed by atoms with Gasteiger partial charge in [0.1, 0.15) is 11.2 Å². The number of fused-ring (bicyclic) bond motifs is 1. The standard InChI is InChI=1S/C34H34N4O4S/c1-22(43-32-23(2)29-20-30(40)38(29)31(32)33(41)42-24(3)39)19-28-21-37(36-35-28)34(25-13-7-4-8-14-25,26-15-9-5-10-16-26)27-17-11-6-12-18-27/h4-18,21-24,29,39H,19-20H2,1-3H3/t22?,23-,24-,29+/m1/s1. The molecule has 0 spiro atoms. The third-order valence-corrected chi connectivity index (χ3v) is 9.59. The molecule has 43 heavy (non-hydrogen) atoms. The predicted octanol–water partition coefficient (Wildman–Crippen LogP) is 5.13. The number of amides is 1. The SMILES string of the molecule is CC(Cc1cn(C(c2ccccc2)(c2ccccc2)c2ccccc2)nn1)SC1=C(C(=O)O[C@H](C)O)N2C(=O)C[C@H]2[C@H]1C. The number of carbonyl (C=O) groups excluding carboxylic acids is 2. The third-order valence-electron chi connectivity index (χ3n) is 8.20. The van der Waals surface area contributed by atoms with Crippen molar-refractivity contribution < 1.29 is 19.4 Å². The van der Waals surface area contributed by atoms with Gasteiger partial charge in [-0.25, -0.2) is 9.48 Å². The lowest BCUT2D eigenvalue weighted by molar-refractivity contribution is -0.165. The van der Waals surface area contributed by atoms with Gasteiger partial charge in [0.2, 0.25) is 5.91 Å². The van der Waals surface area contributed by atoms with Crippen molar-refractivity contribution in [3.8, 4) is 0 Å². The molecule has 9 heteroatoms. The molecule has 1 fully saturated rings. The van der Waals surface area contributed by atoms with Gasteiger partial charge < -0.3 is 14.7 Å². The van der Waals surface area contributed by atoms with Gasteiger partial charge in [0.05, 0.1) is 17.9 Å². The van der Waals surface area contributed by atoms with Crippen LogP contribution in [0.2, 0.25) is 0 Å². The van der Waals surface area contributed by atoms with Gasteiger partial charge in [0.15, 0.2) is 6.29 Å². The number of rotatable bonds is 10. The van der Waals surface area contributed by atoms with E-state index in [1.807, 2.05) is 72.4 Å². The number of hydrogen-bond donors (Lipinski definition) is 1. The number of thioether (sulfide) groups is 1. The monoisotopic (exact) mass is 594 g/mol. The van der Waals surface area contributed by atoms with Crippen LogP contribution >= 0.6 is 11.8 Å². The van der Waals surface area contributed by atoms with E-state index in [1.165, 1.54) is 11.8 Å². The summed E-state index contributed by atoms with van der Waals surface area (Å²) in [4.78, 5) is 27.7. The number of ether oxygens (including phenoxy) is 1. The van der Waals surface area contributed by atoms with Crippen LogP contribution < -0.4 is 0 Å². The Morgan fingerprint density at radius 1 is 0.977 bits per heavy atom. The molecular weight excluding hydrogens is 560 g/mol. The average molecular weight is 595 g/mol. The number of nitrogens with zero attached hydrogens (tertiary/aromatic N) is 4. The summed E-state index contributed by atoms with van der Waals surface area (Å²) in [7, 11) is 0. The zero-order valence-corrected chi connectivity index (χ0v) is 25.1. The molecule has 1 unspecified atom stereocenters. The largest absolute Gasteiger partial charge is 0.432 e. The molecule has 2 aliphatic rings. The van der Waals surface area contributed by atoms with Crippen molar-refractivity contribution in [2.45, 2.75) is 56.7 Å². The summed E-state index contributed by atoms with van der Waals surface area (Å²) in [5.41, 5.74) is 3.50. The van der Waals surface area contributed by atoms with Crippen molar-refractivity contribution in [1.29, 1.82) is 0 Å². The maximum atomic E-state index is 12.9. The predicted molar refractivity (Wildman–Crippen MR) is 165 cm³/mol. The fraction of sp³-hybridized carbons (Fsp3) is 0.294. The summed E-state index contributed by atoms with van der Waals surface area (Å²) in [5.74, 6) is -0.768. The maximum absolute atomic E-state index is 12.9. The molecule has 6 rings (SSSR count). The normalized spacial score (nSPS) is 19.5. The van der Waals surface area contributed by atoms with Crippen LogP contribution in [0.1, 0.15) is 49.6 Å². The Morgan fingerprint density at radius 3 is 2.00 bits per heavy atom. The second-order valence-corrected chi connectivity index (χ2v) is 12.6. The Balaban J connectivity index is 1.35. The lowest BCUT2D eigenvalue weighted by Crippen LogP contribution is -2.52. The number of carbonyl (C=O) groups is 2. The van der Waals surface area contributed by atoms with E-state index in [1.54, 1.807) is 11.8 Å². The molecule has 1 amide bonds. The highest BCUT2D eigenvalue weighted by Gasteiger charge is 2.52. The molecule has 0 saturated carbocycles. The van der Waals surface area contributed by atoms with Crippen LogP contribution in [0.15, 0.2) is 108 Å². The van der Waals surface area contributed by atoms with Crippen molar-refractivity contribution in [1.82, 2.24) is 19.9 Å². The first kappa shape index (κ1) is 28.9. The van der Waals surface area contributed by atoms with Gasteiger partial charge in [-0.3, -0.25) is 4.79 Å². The molecule has 2 aliphatic heterocycles. The van der Waals surface area contributed by atoms with E-state index in [2.05, 4.69) is 48.4 Å². The molecule has 4 aromatic rings. The number of esters is 1. The van der Waals surface area contributed by atoms with E-state index in [9.17, 15) is 14.7 Å². The van der Waals surface area contributed by atoms with Gasteiger partial charge in [-0.1, -0.05) is 110 Å². The Hall–Kier alpha value is -4.21. The molecule has 1 N–H and O–H groups in total. The van der Waals surface area contributed by atoms with Crippen LogP contribution in [0.25, 0.3) is 0 Å². The Morgan fingerprint density at radius 2 is 1.51 bits per heavy atom. The second-order valence-electron chi connectivity index (χ2n) is 11.1. The first-order valence-electron chi connectivity index (χ1n) is 14.5. The topological polar surface area (TPSA) is 97.6 Å². The van der Waals surface area contributed by atoms with Gasteiger partial charge in [-0.2, -0.15) is 0 Å². The van der Waals surface area contributed by atoms with E-state index in [4.69, 9.17) is 9.95 Å². The second kappa shape index (κ2) is 11.8. The number of aliphatic hydroxyl groups is 1. The first-order chi connectivity index (χ1) is 20.8. The number of hydrogen-bond acceptors (Lipinski definition) is 7. The summed E-state index contributed by atoms with van der Waals surface area (Å²) < 4.78 is 7.06. The van der Waals surface area contributed by atoms with Crippen molar-refractivity contribution in [3.05, 3.63) is 130 Å². The van der Waals surface area contributed by atoms with Crippen molar-refractivity contribution in [2.24, 2.45) is 5.92 Å². The zero-order chi connectivity index (χ0) is 30.1. The van der Waals surface area contributed by atoms with E-state index in [0.29, 0.717) is 12.8 Å². The smallest absolute Gasteiger partial charge is 0.358 e. The van der Waals surface area contributed by atoms with Gasteiger partial charge in [0, 0.05) is 28.9 Å². The highest BCUT2D eigenvalue weighted by molar-refractivity contribution is 8.03. The van der Waals surface area contributed by atoms with Crippen molar-refractivity contribution in [3.63, 3.8) is 0 Å². The molecule has 3 heterocycles. The van der Waals surface area contributed by atoms with E-state index in [0.717, 1.165) is 27.3 Å². The molecule has 0 bridgehead atoms. The molecule has 3 aromatic carbocycles. The summed E-state index contributed by atoms with van der Waals surface area (Å²) in [5, 5.41) is 19.1. The minimum Gasteiger partial charge on any atom is -0.432 e. The zero-order valence-electron chi connectivity index (χ0n) is 24.3. The number of β-lactam (4-membered cyclic amide) rings is 1. The van der Waals surface area contributed by atoms with Crippen LogP contribution in [0.5, 0.6) is 0 Å². The minimum atomic E-state index is -1.26. The summed E-state index contributed by atoms with van der Waals surface area (Å²) in [6.07, 6.45) is 1.74. The van der Waals surface area contributed by atoms with Crippen LogP contribution in [0.3, 0.4) is 0 Å². The van der Waals surface area contributed by atoms with Crippen LogP contribution in [-0.4, -0.2) is 54.5 Å². The molecule has 8 nitrogen and oxygen atoms in total. The fourth-order valence-electron chi connectivity index (χ4n) is 6.26. The van der Waals surface area contributed by atoms with Crippen LogP contribution in [0, 0.1) is 5.92 Å². The molecule has 0 aliphatic carbocycles. The van der Waals surface area contributed by atoms with E-state index < -0.39 is 17.8 Å². The minimum absolute atomic E-state index is 0.000673. The van der Waals surface area contributed by atoms with Gasteiger partial charge in [0.25, 0.3) is 0 Å². The Labute approximate surface area is 255 Å². The molecular formula is C34H34N4O4S. The summed E-state index contributed by atoms with van der Waals surface area (Å²) >= 11 is 1.56. The van der Waals surface area contributed by atoms with E-state index in [-0.39, 0.29) is 28.8 Å². The van der Waals surface area contributed by atoms with Gasteiger partial charge in [-0.05, 0) is 23.6 Å². The fourth-order valence-corrected chi connectivity index (χ4v) is 7.61. The lowest BCUT2D eigenvalue weighted by atomic mass is 9.77. The molecule has 4 atom stereocenters. The molecule has 220 valence electrons. The van der Waals surface area contributed by atoms with Gasteiger partial charge >= 0.3 is 5.97 Å². The van der Waals surface area contributed by atoms with Crippen LogP contribution in [0.4, 0.5) is 0 Å². The highest BCUT2D eigenvalue weighted by atomic mass is 32.2. The van der Waals surface area contributed by atoms with E-state index >= 15 is 0 Å². The highest BCUT2D eigenvalue weighted by Crippen LogP contribution is 2.48. The summed E-state index contributed by atoms with van der Waals surface area (Å²) in [6.45, 7) is 5.49. The average Bonchev–Trinajstić information content (AvgIpc) is 3.55. The van der Waals surface area contributed by atoms with Crippen molar-refractivity contribution >= 4 is 23.6 Å². The third kappa shape index (κ3) is 5.17. The number of aromatic nitrogens is 3. The quantitative estimate of drug-likeness (QED) is 0.118. The number of benzene rings is 3. The number of aliphatic hydroxyl groups excluding tert-OH is 1. The van der Waals surface area contributed by atoms with Crippen molar-refractivity contribution in [2.75, 3.05) is 0 Å². The molecule has 1 saturated heterocycles.